The van der Waals surface area contributed by atoms with Crippen LogP contribution in [0.4, 0.5) is 5.82 Å². The van der Waals surface area contributed by atoms with E-state index in [1.807, 2.05) is 25.4 Å². The molecule has 8 heteroatoms. The first kappa shape index (κ1) is 17.8. The smallest absolute Gasteiger partial charge is 0.165 e. The van der Waals surface area contributed by atoms with Crippen LogP contribution >= 0.6 is 0 Å². The van der Waals surface area contributed by atoms with Crippen molar-refractivity contribution in [2.24, 2.45) is 13.0 Å². The number of aromatic nitrogens is 5. The van der Waals surface area contributed by atoms with Crippen LogP contribution < -0.4 is 4.90 Å². The van der Waals surface area contributed by atoms with Gasteiger partial charge >= 0.3 is 0 Å². The van der Waals surface area contributed by atoms with Crippen LogP contribution in [0, 0.1) is 5.92 Å². The molecule has 0 amide bonds. The van der Waals surface area contributed by atoms with Crippen molar-refractivity contribution < 1.29 is 4.74 Å². The minimum Gasteiger partial charge on any atom is -0.379 e. The molecule has 0 saturated carbocycles. The minimum absolute atomic E-state index is 0.422. The molecule has 1 saturated heterocycles. The minimum atomic E-state index is 0.422. The highest BCUT2D eigenvalue weighted by atomic mass is 16.5. The number of ether oxygens (including phenoxy) is 1. The van der Waals surface area contributed by atoms with Crippen LogP contribution in [-0.2, 0) is 11.8 Å². The number of anilines is 1. The molecule has 0 unspecified atom stereocenters. The summed E-state index contributed by atoms with van der Waals surface area (Å²) in [5, 5.41) is 5.38. The third-order valence-corrected chi connectivity index (χ3v) is 4.75. The molecule has 0 spiro atoms. The molecule has 0 bridgehead atoms. The summed E-state index contributed by atoms with van der Waals surface area (Å²) in [6.07, 6.45) is 5.40. The Labute approximate surface area is 158 Å². The van der Waals surface area contributed by atoms with Gasteiger partial charge in [0, 0.05) is 50.6 Å². The van der Waals surface area contributed by atoms with E-state index in [1.165, 1.54) is 0 Å². The lowest BCUT2D eigenvalue weighted by atomic mass is 10.1. The molecule has 0 N–H and O–H groups in total. The zero-order chi connectivity index (χ0) is 18.8. The molecule has 1 aliphatic heterocycles. The molecule has 27 heavy (non-hydrogen) atoms. The van der Waals surface area contributed by atoms with E-state index in [-0.39, 0.29) is 0 Å². The van der Waals surface area contributed by atoms with E-state index in [4.69, 9.17) is 14.7 Å². The van der Waals surface area contributed by atoms with Gasteiger partial charge in [-0.15, -0.1) is 0 Å². The summed E-state index contributed by atoms with van der Waals surface area (Å²) in [5.41, 5.74) is 1.73. The Morgan fingerprint density at radius 3 is 2.93 bits per heavy atom. The number of aryl methyl sites for hydroxylation is 1. The van der Waals surface area contributed by atoms with E-state index in [2.05, 4.69) is 34.0 Å². The Kier molecular flexibility index (Phi) is 5.00. The van der Waals surface area contributed by atoms with Crippen molar-refractivity contribution in [2.75, 3.05) is 51.8 Å². The zero-order valence-corrected chi connectivity index (χ0v) is 16.0. The molecule has 1 aliphatic rings. The van der Waals surface area contributed by atoms with Gasteiger partial charge in [-0.25, -0.2) is 9.97 Å². The molecule has 8 nitrogen and oxygen atoms in total. The quantitative estimate of drug-likeness (QED) is 0.691. The van der Waals surface area contributed by atoms with Crippen LogP contribution in [0.1, 0.15) is 0 Å². The fourth-order valence-corrected chi connectivity index (χ4v) is 3.57. The Bertz CT molecular complexity index is 909. The summed E-state index contributed by atoms with van der Waals surface area (Å²) in [5.74, 6) is 2.01. The van der Waals surface area contributed by atoms with Gasteiger partial charge < -0.3 is 14.5 Å². The molecule has 4 rings (SSSR count). The highest BCUT2D eigenvalue weighted by Crippen LogP contribution is 2.28. The average Bonchev–Trinajstić information content (AvgIpc) is 2.89. The summed E-state index contributed by atoms with van der Waals surface area (Å²) in [6.45, 7) is 4.14. The molecule has 0 aliphatic carbocycles. The molecule has 0 aromatic carbocycles. The van der Waals surface area contributed by atoms with Crippen molar-refractivity contribution in [3.63, 3.8) is 0 Å². The zero-order valence-electron chi connectivity index (χ0n) is 16.0. The van der Waals surface area contributed by atoms with Crippen molar-refractivity contribution in [1.82, 2.24) is 29.6 Å². The predicted molar refractivity (Wildman–Crippen MR) is 105 cm³/mol. The number of hydrogen-bond donors (Lipinski definition) is 0. The monoisotopic (exact) mass is 367 g/mol. The van der Waals surface area contributed by atoms with Crippen LogP contribution in [0.15, 0.2) is 30.7 Å². The number of fused-ring (bicyclic) bond motifs is 1. The third-order valence-electron chi connectivity index (χ3n) is 4.75. The summed E-state index contributed by atoms with van der Waals surface area (Å²) in [4.78, 5) is 18.4. The van der Waals surface area contributed by atoms with Gasteiger partial charge in [0.15, 0.2) is 11.5 Å². The maximum absolute atomic E-state index is 5.85. The molecule has 1 fully saturated rings. The molecular weight excluding hydrogens is 342 g/mol. The van der Waals surface area contributed by atoms with E-state index < -0.39 is 0 Å². The van der Waals surface area contributed by atoms with Crippen LogP contribution in [0.3, 0.4) is 0 Å². The van der Waals surface area contributed by atoms with Gasteiger partial charge in [-0.3, -0.25) is 9.67 Å². The normalized spacial score (nSPS) is 18.2. The SMILES string of the molecule is CN(C)C[C@H]1COCCN(c2nc(-c3cccnc3)nc3c2cnn3C)C1. The first-order valence-electron chi connectivity index (χ1n) is 9.19. The van der Waals surface area contributed by atoms with E-state index in [0.717, 1.165) is 48.7 Å². The van der Waals surface area contributed by atoms with E-state index in [0.29, 0.717) is 18.3 Å². The standard InChI is InChI=1S/C19H25N7O/c1-24(2)11-14-12-26(7-8-27-13-14)19-16-10-21-25(3)18(16)22-17(23-19)15-5-4-6-20-9-15/h4-6,9-10,14H,7-8,11-13H2,1-3H3/t14-/m1/s1. The van der Waals surface area contributed by atoms with Crippen molar-refractivity contribution >= 4 is 16.9 Å². The summed E-state index contributed by atoms with van der Waals surface area (Å²) < 4.78 is 7.65. The summed E-state index contributed by atoms with van der Waals surface area (Å²) in [6, 6.07) is 3.88. The van der Waals surface area contributed by atoms with Gasteiger partial charge in [-0.1, -0.05) is 0 Å². The molecule has 1 atom stereocenters. The van der Waals surface area contributed by atoms with Gasteiger partial charge in [0.25, 0.3) is 0 Å². The number of rotatable bonds is 4. The molecule has 142 valence electrons. The van der Waals surface area contributed by atoms with E-state index in [1.54, 1.807) is 17.1 Å². The highest BCUT2D eigenvalue weighted by Gasteiger charge is 2.24. The lowest BCUT2D eigenvalue weighted by molar-refractivity contribution is 0.113. The molecule has 0 radical (unpaired) electrons. The fourth-order valence-electron chi connectivity index (χ4n) is 3.57. The number of hydrogen-bond acceptors (Lipinski definition) is 7. The Balaban J connectivity index is 1.77. The maximum Gasteiger partial charge on any atom is 0.165 e. The maximum atomic E-state index is 5.85. The van der Waals surface area contributed by atoms with E-state index in [9.17, 15) is 0 Å². The van der Waals surface area contributed by atoms with Crippen molar-refractivity contribution in [3.05, 3.63) is 30.7 Å². The first-order chi connectivity index (χ1) is 13.1. The molecule has 3 aromatic rings. The summed E-state index contributed by atoms with van der Waals surface area (Å²) >= 11 is 0. The lowest BCUT2D eigenvalue weighted by Crippen LogP contribution is -2.35. The van der Waals surface area contributed by atoms with Gasteiger partial charge in [0.1, 0.15) is 5.82 Å². The van der Waals surface area contributed by atoms with Crippen LogP contribution in [-0.4, -0.2) is 76.6 Å². The van der Waals surface area contributed by atoms with Crippen LogP contribution in [0.5, 0.6) is 0 Å². The topological polar surface area (TPSA) is 72.2 Å². The van der Waals surface area contributed by atoms with Crippen LogP contribution in [0.25, 0.3) is 22.4 Å². The second-order valence-corrected chi connectivity index (χ2v) is 7.27. The van der Waals surface area contributed by atoms with Gasteiger partial charge in [-0.2, -0.15) is 5.10 Å². The number of pyridine rings is 1. The summed E-state index contributed by atoms with van der Waals surface area (Å²) in [7, 11) is 6.10. The van der Waals surface area contributed by atoms with Gasteiger partial charge in [0.05, 0.1) is 24.8 Å². The van der Waals surface area contributed by atoms with Gasteiger partial charge in [-0.05, 0) is 26.2 Å². The van der Waals surface area contributed by atoms with E-state index >= 15 is 0 Å². The second-order valence-electron chi connectivity index (χ2n) is 7.27. The van der Waals surface area contributed by atoms with Crippen LogP contribution in [0.2, 0.25) is 0 Å². The Morgan fingerprint density at radius 2 is 2.15 bits per heavy atom. The first-order valence-corrected chi connectivity index (χ1v) is 9.19. The highest BCUT2D eigenvalue weighted by molar-refractivity contribution is 5.88. The molecule has 3 aromatic heterocycles. The van der Waals surface area contributed by atoms with Crippen molar-refractivity contribution in [2.45, 2.75) is 0 Å². The Hall–Kier alpha value is -2.58. The fraction of sp³-hybridized carbons (Fsp3) is 0.474. The second kappa shape index (κ2) is 7.58. The number of nitrogens with zero attached hydrogens (tertiary/aromatic N) is 7. The predicted octanol–water partition coefficient (Wildman–Crippen LogP) is 1.44. The van der Waals surface area contributed by atoms with Crippen molar-refractivity contribution in [3.8, 4) is 11.4 Å². The largest absolute Gasteiger partial charge is 0.379 e. The lowest BCUT2D eigenvalue weighted by Gasteiger charge is -2.26. The molecule has 4 heterocycles. The van der Waals surface area contributed by atoms with Gasteiger partial charge in [0.2, 0.25) is 0 Å². The van der Waals surface area contributed by atoms with Crippen molar-refractivity contribution in [1.29, 1.82) is 0 Å². The average molecular weight is 367 g/mol. The molecular formula is C19H25N7O. The Morgan fingerprint density at radius 1 is 1.26 bits per heavy atom. The third kappa shape index (κ3) is 3.77.